The van der Waals surface area contributed by atoms with Gasteiger partial charge in [-0.25, -0.2) is 0 Å². The van der Waals surface area contributed by atoms with Gasteiger partial charge in [0.1, 0.15) is 5.75 Å². The van der Waals surface area contributed by atoms with Crippen LogP contribution in [-0.4, -0.2) is 24.7 Å². The van der Waals surface area contributed by atoms with Crippen LogP contribution in [0.5, 0.6) is 5.75 Å². The molecule has 0 aliphatic heterocycles. The maximum Gasteiger partial charge on any atom is 0.123 e. The topological polar surface area (TPSA) is 21.3 Å². The molecule has 0 aliphatic rings. The summed E-state index contributed by atoms with van der Waals surface area (Å²) in [6.45, 7) is 5.29. The number of hydrogen-bond acceptors (Lipinski definition) is 3. The van der Waals surface area contributed by atoms with Crippen LogP contribution in [0.25, 0.3) is 0 Å². The summed E-state index contributed by atoms with van der Waals surface area (Å²) in [7, 11) is 1.72. The lowest BCUT2D eigenvalue weighted by Gasteiger charge is -2.15. The third-order valence-electron chi connectivity index (χ3n) is 2.78. The van der Waals surface area contributed by atoms with Crippen LogP contribution in [0.2, 0.25) is 0 Å². The van der Waals surface area contributed by atoms with E-state index in [1.807, 2.05) is 23.9 Å². The third-order valence-corrected chi connectivity index (χ3v) is 4.21. The molecule has 1 N–H and O–H groups in total. The molecule has 0 amide bonds. The summed E-state index contributed by atoms with van der Waals surface area (Å²) >= 11 is 5.49. The van der Waals surface area contributed by atoms with Gasteiger partial charge < -0.3 is 10.1 Å². The normalized spacial score (nSPS) is 12.4. The van der Waals surface area contributed by atoms with Crippen molar-refractivity contribution in [1.29, 1.82) is 0 Å². The smallest absolute Gasteiger partial charge is 0.123 e. The first-order chi connectivity index (χ1) is 8.67. The SMILES string of the molecule is CCSCCC(C)NCc1cc(Br)ccc1OC. The van der Waals surface area contributed by atoms with E-state index in [-0.39, 0.29) is 0 Å². The molecule has 0 aliphatic carbocycles. The van der Waals surface area contributed by atoms with E-state index in [1.54, 1.807) is 7.11 Å². The molecule has 1 atom stereocenters. The van der Waals surface area contributed by atoms with Crippen LogP contribution in [0.4, 0.5) is 0 Å². The summed E-state index contributed by atoms with van der Waals surface area (Å²) < 4.78 is 6.46. The van der Waals surface area contributed by atoms with Crippen molar-refractivity contribution in [1.82, 2.24) is 5.32 Å². The number of thioether (sulfide) groups is 1. The molecule has 1 aromatic rings. The van der Waals surface area contributed by atoms with Crippen molar-refractivity contribution in [3.8, 4) is 5.75 Å². The molecule has 4 heteroatoms. The second kappa shape index (κ2) is 8.83. The molecule has 0 saturated carbocycles. The van der Waals surface area contributed by atoms with Gasteiger partial charge in [-0.05, 0) is 43.0 Å². The molecule has 1 rings (SSSR count). The Morgan fingerprint density at radius 3 is 2.89 bits per heavy atom. The lowest BCUT2D eigenvalue weighted by Crippen LogP contribution is -2.26. The number of hydrogen-bond donors (Lipinski definition) is 1. The fourth-order valence-electron chi connectivity index (χ4n) is 1.68. The molecule has 0 fully saturated rings. The highest BCUT2D eigenvalue weighted by Crippen LogP contribution is 2.22. The molecule has 1 aromatic carbocycles. The monoisotopic (exact) mass is 331 g/mol. The molecule has 2 nitrogen and oxygen atoms in total. The fourth-order valence-corrected chi connectivity index (χ4v) is 2.89. The molecule has 102 valence electrons. The minimum atomic E-state index is 0.535. The Bertz CT molecular complexity index is 360. The van der Waals surface area contributed by atoms with E-state index in [4.69, 9.17) is 4.74 Å². The Balaban J connectivity index is 2.44. The van der Waals surface area contributed by atoms with E-state index in [2.05, 4.69) is 41.2 Å². The zero-order valence-corrected chi connectivity index (χ0v) is 13.7. The van der Waals surface area contributed by atoms with Crippen molar-refractivity contribution in [2.24, 2.45) is 0 Å². The molecule has 0 spiro atoms. The molecule has 1 unspecified atom stereocenters. The molecule has 18 heavy (non-hydrogen) atoms. The maximum absolute atomic E-state index is 5.37. The van der Waals surface area contributed by atoms with Crippen molar-refractivity contribution >= 4 is 27.7 Å². The van der Waals surface area contributed by atoms with E-state index < -0.39 is 0 Å². The number of halogens is 1. The number of nitrogens with one attached hydrogen (secondary N) is 1. The summed E-state index contributed by atoms with van der Waals surface area (Å²) in [4.78, 5) is 0. The van der Waals surface area contributed by atoms with E-state index >= 15 is 0 Å². The minimum absolute atomic E-state index is 0.535. The first-order valence-electron chi connectivity index (χ1n) is 6.31. The van der Waals surface area contributed by atoms with Crippen LogP contribution < -0.4 is 10.1 Å². The van der Waals surface area contributed by atoms with Gasteiger partial charge in [-0.2, -0.15) is 11.8 Å². The Kier molecular flexibility index (Phi) is 7.79. The quantitative estimate of drug-likeness (QED) is 0.725. The van der Waals surface area contributed by atoms with Crippen molar-refractivity contribution in [3.05, 3.63) is 28.2 Å². The van der Waals surface area contributed by atoms with Gasteiger partial charge in [0.2, 0.25) is 0 Å². The zero-order valence-electron chi connectivity index (χ0n) is 11.3. The van der Waals surface area contributed by atoms with Crippen molar-refractivity contribution in [2.45, 2.75) is 32.9 Å². The highest BCUT2D eigenvalue weighted by molar-refractivity contribution is 9.10. The number of benzene rings is 1. The Morgan fingerprint density at radius 1 is 1.44 bits per heavy atom. The molecule has 0 heterocycles. The van der Waals surface area contributed by atoms with E-state index in [9.17, 15) is 0 Å². The molecular weight excluding hydrogens is 310 g/mol. The average Bonchev–Trinajstić information content (AvgIpc) is 2.37. The molecular formula is C14H22BrNOS. The highest BCUT2D eigenvalue weighted by atomic mass is 79.9. The van der Waals surface area contributed by atoms with E-state index in [0.717, 1.165) is 16.8 Å². The van der Waals surface area contributed by atoms with Gasteiger partial charge >= 0.3 is 0 Å². The summed E-state index contributed by atoms with van der Waals surface area (Å²) in [5.74, 6) is 3.37. The summed E-state index contributed by atoms with van der Waals surface area (Å²) in [6.07, 6.45) is 1.20. The number of rotatable bonds is 8. The summed E-state index contributed by atoms with van der Waals surface area (Å²) in [5, 5.41) is 3.55. The van der Waals surface area contributed by atoms with Gasteiger partial charge in [-0.15, -0.1) is 0 Å². The lowest BCUT2D eigenvalue weighted by molar-refractivity contribution is 0.405. The molecule has 0 radical (unpaired) electrons. The van der Waals surface area contributed by atoms with Gasteiger partial charge in [0.15, 0.2) is 0 Å². The van der Waals surface area contributed by atoms with Crippen molar-refractivity contribution in [3.63, 3.8) is 0 Å². The maximum atomic E-state index is 5.37. The highest BCUT2D eigenvalue weighted by Gasteiger charge is 2.06. The van der Waals surface area contributed by atoms with Gasteiger partial charge in [-0.1, -0.05) is 22.9 Å². The molecule has 0 bridgehead atoms. The molecule has 0 aromatic heterocycles. The summed E-state index contributed by atoms with van der Waals surface area (Å²) in [6, 6.07) is 6.65. The van der Waals surface area contributed by atoms with Gasteiger partial charge in [0, 0.05) is 22.6 Å². The van der Waals surface area contributed by atoms with Crippen molar-refractivity contribution in [2.75, 3.05) is 18.6 Å². The molecule has 0 saturated heterocycles. The van der Waals surface area contributed by atoms with Crippen molar-refractivity contribution < 1.29 is 4.74 Å². The van der Waals surface area contributed by atoms with Crippen LogP contribution in [0.3, 0.4) is 0 Å². The predicted molar refractivity (Wildman–Crippen MR) is 84.6 cm³/mol. The van der Waals surface area contributed by atoms with E-state index in [0.29, 0.717) is 6.04 Å². The second-order valence-electron chi connectivity index (χ2n) is 4.22. The van der Waals surface area contributed by atoms with Crippen LogP contribution >= 0.6 is 27.7 Å². The first-order valence-corrected chi connectivity index (χ1v) is 8.25. The minimum Gasteiger partial charge on any atom is -0.496 e. The standard InChI is InChI=1S/C14H22BrNOS/c1-4-18-8-7-11(2)16-10-12-9-13(15)5-6-14(12)17-3/h5-6,9,11,16H,4,7-8,10H2,1-3H3. The third kappa shape index (κ3) is 5.63. The zero-order chi connectivity index (χ0) is 13.4. The number of ether oxygens (including phenoxy) is 1. The fraction of sp³-hybridized carbons (Fsp3) is 0.571. The Hall–Kier alpha value is -0.190. The van der Waals surface area contributed by atoms with Gasteiger partial charge in [-0.3, -0.25) is 0 Å². The predicted octanol–water partition coefficient (Wildman–Crippen LogP) is 4.08. The second-order valence-corrected chi connectivity index (χ2v) is 6.53. The van der Waals surface area contributed by atoms with Gasteiger partial charge in [0.25, 0.3) is 0 Å². The number of methoxy groups -OCH3 is 1. The average molecular weight is 332 g/mol. The van der Waals surface area contributed by atoms with E-state index in [1.165, 1.54) is 23.5 Å². The first kappa shape index (κ1) is 15.9. The largest absolute Gasteiger partial charge is 0.496 e. The van der Waals surface area contributed by atoms with Gasteiger partial charge in [0.05, 0.1) is 7.11 Å². The lowest BCUT2D eigenvalue weighted by atomic mass is 10.2. The Labute approximate surface area is 123 Å². The Morgan fingerprint density at radius 2 is 2.22 bits per heavy atom. The van der Waals surface area contributed by atoms with Crippen LogP contribution in [0.15, 0.2) is 22.7 Å². The summed E-state index contributed by atoms with van der Waals surface area (Å²) in [5.41, 5.74) is 1.20. The van der Waals surface area contributed by atoms with Crippen LogP contribution in [-0.2, 0) is 6.54 Å². The van der Waals surface area contributed by atoms with Crippen LogP contribution in [0, 0.1) is 0 Å². The van der Waals surface area contributed by atoms with Crippen LogP contribution in [0.1, 0.15) is 25.8 Å².